The van der Waals surface area contributed by atoms with Gasteiger partial charge in [-0.15, -0.1) is 0 Å². The molecule has 3 rings (SSSR count). The summed E-state index contributed by atoms with van der Waals surface area (Å²) in [6.45, 7) is 0. The number of nitrogens with zero attached hydrogens (tertiary/aromatic N) is 2. The van der Waals surface area contributed by atoms with E-state index in [2.05, 4.69) is 9.55 Å². The topological polar surface area (TPSA) is 17.8 Å². The van der Waals surface area contributed by atoms with E-state index in [0.717, 1.165) is 23.9 Å². The zero-order valence-corrected chi connectivity index (χ0v) is 11.4. The van der Waals surface area contributed by atoms with Gasteiger partial charge in [-0.2, -0.15) is 0 Å². The van der Waals surface area contributed by atoms with Gasteiger partial charge in [-0.3, -0.25) is 0 Å². The molecule has 0 saturated heterocycles. The lowest BCUT2D eigenvalue weighted by atomic mass is 10.2. The maximum absolute atomic E-state index is 6.22. The van der Waals surface area contributed by atoms with Crippen molar-refractivity contribution in [2.24, 2.45) is 0 Å². The van der Waals surface area contributed by atoms with E-state index in [1.54, 1.807) is 6.07 Å². The van der Waals surface area contributed by atoms with Crippen molar-refractivity contribution in [2.75, 3.05) is 0 Å². The lowest BCUT2D eigenvalue weighted by Crippen LogP contribution is -2.04. The molecule has 17 heavy (non-hydrogen) atoms. The molecular formula is C12H11Cl3N2. The lowest BCUT2D eigenvalue weighted by Gasteiger charge is -2.13. The van der Waals surface area contributed by atoms with Crippen molar-refractivity contribution in [3.05, 3.63) is 27.5 Å². The maximum atomic E-state index is 6.22. The Morgan fingerprint density at radius 2 is 1.71 bits per heavy atom. The Bertz CT molecular complexity index is 571. The summed E-state index contributed by atoms with van der Waals surface area (Å²) < 4.78 is 2.09. The Labute approximate surface area is 114 Å². The van der Waals surface area contributed by atoms with Crippen molar-refractivity contribution in [3.63, 3.8) is 0 Å². The van der Waals surface area contributed by atoms with Gasteiger partial charge in [0.05, 0.1) is 21.1 Å². The van der Waals surface area contributed by atoms with Gasteiger partial charge in [0, 0.05) is 6.04 Å². The number of imidazole rings is 1. The van der Waals surface area contributed by atoms with Crippen LogP contribution in [0.15, 0.2) is 12.1 Å². The Balaban J connectivity index is 2.22. The molecule has 1 saturated carbocycles. The summed E-state index contributed by atoms with van der Waals surface area (Å²) in [5, 5.41) is 1.60. The molecular weight excluding hydrogens is 279 g/mol. The lowest BCUT2D eigenvalue weighted by molar-refractivity contribution is 0.533. The highest BCUT2D eigenvalue weighted by Gasteiger charge is 2.22. The molecule has 1 heterocycles. The van der Waals surface area contributed by atoms with Crippen LogP contribution in [-0.2, 0) is 0 Å². The molecule has 1 aromatic heterocycles. The maximum Gasteiger partial charge on any atom is 0.204 e. The van der Waals surface area contributed by atoms with E-state index in [1.807, 2.05) is 6.07 Å². The molecule has 0 N–H and O–H groups in total. The molecule has 2 aromatic rings. The Morgan fingerprint density at radius 1 is 1.06 bits per heavy atom. The second kappa shape index (κ2) is 4.34. The molecule has 0 bridgehead atoms. The minimum absolute atomic E-state index is 0.449. The fourth-order valence-corrected chi connectivity index (χ4v) is 3.21. The van der Waals surface area contributed by atoms with Gasteiger partial charge in [-0.05, 0) is 36.6 Å². The normalized spacial score (nSPS) is 17.1. The van der Waals surface area contributed by atoms with Gasteiger partial charge in [-0.1, -0.05) is 36.0 Å². The third-order valence-corrected chi connectivity index (χ3v) is 4.37. The summed E-state index contributed by atoms with van der Waals surface area (Å²) in [5.74, 6) is 0. The van der Waals surface area contributed by atoms with Crippen LogP contribution in [0.2, 0.25) is 15.3 Å². The number of fused-ring (bicyclic) bond motifs is 1. The number of aromatic nitrogens is 2. The Morgan fingerprint density at radius 3 is 2.41 bits per heavy atom. The summed E-state index contributed by atoms with van der Waals surface area (Å²) in [7, 11) is 0. The number of hydrogen-bond donors (Lipinski definition) is 0. The number of benzene rings is 1. The average Bonchev–Trinajstić information content (AvgIpc) is 2.86. The molecule has 1 aliphatic carbocycles. The first-order chi connectivity index (χ1) is 8.16. The van der Waals surface area contributed by atoms with Crippen LogP contribution in [0.4, 0.5) is 0 Å². The fourth-order valence-electron chi connectivity index (χ4n) is 2.57. The van der Waals surface area contributed by atoms with Crippen molar-refractivity contribution in [3.8, 4) is 0 Å². The summed E-state index contributed by atoms with van der Waals surface area (Å²) in [4.78, 5) is 4.34. The first-order valence-corrected chi connectivity index (χ1v) is 6.82. The van der Waals surface area contributed by atoms with Crippen molar-refractivity contribution in [2.45, 2.75) is 31.7 Å². The highest BCUT2D eigenvalue weighted by molar-refractivity contribution is 6.42. The SMILES string of the molecule is Clc1cc2nc(Cl)n(C3CCCC3)c2cc1Cl. The highest BCUT2D eigenvalue weighted by atomic mass is 35.5. The van der Waals surface area contributed by atoms with Gasteiger partial charge < -0.3 is 4.57 Å². The van der Waals surface area contributed by atoms with Gasteiger partial charge >= 0.3 is 0 Å². The van der Waals surface area contributed by atoms with Crippen LogP contribution in [0.1, 0.15) is 31.7 Å². The van der Waals surface area contributed by atoms with Gasteiger partial charge in [0.1, 0.15) is 0 Å². The summed E-state index contributed by atoms with van der Waals surface area (Å²) in [5.41, 5.74) is 1.80. The molecule has 2 nitrogen and oxygen atoms in total. The van der Waals surface area contributed by atoms with Crippen LogP contribution in [-0.4, -0.2) is 9.55 Å². The van der Waals surface area contributed by atoms with Crippen LogP contribution < -0.4 is 0 Å². The van der Waals surface area contributed by atoms with Gasteiger partial charge in [0.2, 0.25) is 5.28 Å². The van der Waals surface area contributed by atoms with E-state index in [9.17, 15) is 0 Å². The Hall–Kier alpha value is -0.440. The van der Waals surface area contributed by atoms with Crippen LogP contribution in [0.25, 0.3) is 11.0 Å². The van der Waals surface area contributed by atoms with E-state index in [-0.39, 0.29) is 0 Å². The van der Waals surface area contributed by atoms with Crippen molar-refractivity contribution >= 4 is 45.8 Å². The number of hydrogen-bond acceptors (Lipinski definition) is 1. The standard InChI is InChI=1S/C12H11Cl3N2/c13-8-5-10-11(6-9(8)14)17(12(15)16-10)7-3-1-2-4-7/h5-7H,1-4H2. The third-order valence-electron chi connectivity index (χ3n) is 3.38. The van der Waals surface area contributed by atoms with E-state index >= 15 is 0 Å². The second-order valence-corrected chi connectivity index (χ2v) is 5.60. The average molecular weight is 290 g/mol. The van der Waals surface area contributed by atoms with Crippen LogP contribution >= 0.6 is 34.8 Å². The summed E-state index contributed by atoms with van der Waals surface area (Å²) in [6.07, 6.45) is 4.82. The third kappa shape index (κ3) is 1.92. The molecule has 0 radical (unpaired) electrons. The summed E-state index contributed by atoms with van der Waals surface area (Å²) in [6, 6.07) is 4.08. The van der Waals surface area contributed by atoms with E-state index in [0.29, 0.717) is 21.4 Å². The van der Waals surface area contributed by atoms with Gasteiger partial charge in [-0.25, -0.2) is 4.98 Å². The van der Waals surface area contributed by atoms with Crippen LogP contribution in [0.3, 0.4) is 0 Å². The minimum Gasteiger partial charge on any atom is -0.311 e. The number of halogens is 3. The molecule has 1 aromatic carbocycles. The van der Waals surface area contributed by atoms with E-state index < -0.39 is 0 Å². The summed E-state index contributed by atoms with van der Waals surface area (Å²) >= 11 is 18.3. The van der Waals surface area contributed by atoms with Gasteiger partial charge in [0.25, 0.3) is 0 Å². The molecule has 5 heteroatoms. The first-order valence-electron chi connectivity index (χ1n) is 5.69. The minimum atomic E-state index is 0.449. The first kappa shape index (κ1) is 11.6. The monoisotopic (exact) mass is 288 g/mol. The predicted molar refractivity (Wildman–Crippen MR) is 72.3 cm³/mol. The molecule has 1 aliphatic rings. The molecule has 0 spiro atoms. The quantitative estimate of drug-likeness (QED) is 0.713. The van der Waals surface area contributed by atoms with Gasteiger partial charge in [0.15, 0.2) is 0 Å². The smallest absolute Gasteiger partial charge is 0.204 e. The highest BCUT2D eigenvalue weighted by Crippen LogP contribution is 2.37. The molecule has 0 unspecified atom stereocenters. The molecule has 0 aliphatic heterocycles. The molecule has 0 atom stereocenters. The predicted octanol–water partition coefficient (Wildman–Crippen LogP) is 5.11. The number of rotatable bonds is 1. The van der Waals surface area contributed by atoms with Crippen molar-refractivity contribution in [1.82, 2.24) is 9.55 Å². The zero-order valence-electron chi connectivity index (χ0n) is 9.09. The van der Waals surface area contributed by atoms with E-state index in [4.69, 9.17) is 34.8 Å². The largest absolute Gasteiger partial charge is 0.311 e. The van der Waals surface area contributed by atoms with Crippen LogP contribution in [0, 0.1) is 0 Å². The molecule has 0 amide bonds. The molecule has 90 valence electrons. The zero-order chi connectivity index (χ0) is 12.0. The van der Waals surface area contributed by atoms with Crippen LogP contribution in [0.5, 0.6) is 0 Å². The molecule has 1 fully saturated rings. The van der Waals surface area contributed by atoms with E-state index in [1.165, 1.54) is 12.8 Å². The Kier molecular flexibility index (Phi) is 2.97. The van der Waals surface area contributed by atoms with Crippen molar-refractivity contribution < 1.29 is 0 Å². The fraction of sp³-hybridized carbons (Fsp3) is 0.417. The second-order valence-electron chi connectivity index (χ2n) is 4.44. The van der Waals surface area contributed by atoms with Crippen molar-refractivity contribution in [1.29, 1.82) is 0 Å².